The second-order valence-corrected chi connectivity index (χ2v) is 10.6. The highest BCUT2D eigenvalue weighted by Crippen LogP contribution is 2.33. The molecule has 0 radical (unpaired) electrons. The van der Waals surface area contributed by atoms with Gasteiger partial charge in [0.25, 0.3) is 0 Å². The van der Waals surface area contributed by atoms with E-state index in [1.165, 1.54) is 38.2 Å². The maximum absolute atomic E-state index is 5.22. The quantitative estimate of drug-likeness (QED) is 0.185. The zero-order valence-corrected chi connectivity index (χ0v) is 27.8. The van der Waals surface area contributed by atoms with E-state index in [2.05, 4.69) is 98.5 Å². The van der Waals surface area contributed by atoms with Crippen molar-refractivity contribution >= 4 is 38.1 Å². The number of nitrogens with zero attached hydrogens (tertiary/aromatic N) is 5. The summed E-state index contributed by atoms with van der Waals surface area (Å²) in [5.74, 6) is 0.967. The Hall–Kier alpha value is -5.30. The number of aryl methyl sites for hydroxylation is 4. The fourth-order valence-electron chi connectivity index (χ4n) is 5.73. The summed E-state index contributed by atoms with van der Waals surface area (Å²) in [6.45, 7) is 14.0. The second-order valence-electron chi connectivity index (χ2n) is 10.6. The molecule has 0 spiro atoms. The molecule has 4 heterocycles. The molecular formula is C39H42N6O. The molecule has 4 aromatic carbocycles. The molecule has 1 N–H and O–H groups in total. The lowest BCUT2D eigenvalue weighted by atomic mass is 9.89. The Balaban J connectivity index is 0.000000129. The lowest BCUT2D eigenvalue weighted by Crippen LogP contribution is -2.02. The largest absolute Gasteiger partial charge is 0.361 e. The summed E-state index contributed by atoms with van der Waals surface area (Å²) in [6, 6.07) is 33.3. The first-order chi connectivity index (χ1) is 22.6. The van der Waals surface area contributed by atoms with E-state index in [4.69, 9.17) is 4.52 Å². The van der Waals surface area contributed by atoms with Crippen LogP contribution in [-0.4, -0.2) is 30.2 Å². The molecule has 1 aliphatic rings. The Labute approximate surface area is 270 Å². The third-order valence-electron chi connectivity index (χ3n) is 8.01. The van der Waals surface area contributed by atoms with Gasteiger partial charge in [-0.3, -0.25) is 5.10 Å². The molecule has 0 saturated carbocycles. The monoisotopic (exact) mass is 610 g/mol. The maximum atomic E-state index is 5.22. The van der Waals surface area contributed by atoms with Gasteiger partial charge in [-0.1, -0.05) is 123 Å². The van der Waals surface area contributed by atoms with Gasteiger partial charge in [-0.2, -0.15) is 5.10 Å². The minimum Gasteiger partial charge on any atom is -0.361 e. The fourth-order valence-corrected chi connectivity index (χ4v) is 5.73. The van der Waals surface area contributed by atoms with Crippen molar-refractivity contribution in [3.05, 3.63) is 125 Å². The third kappa shape index (κ3) is 6.26. The van der Waals surface area contributed by atoms with Gasteiger partial charge in [0.2, 0.25) is 0 Å². The molecule has 0 amide bonds. The van der Waals surface area contributed by atoms with E-state index in [9.17, 15) is 0 Å². The number of rotatable bonds is 0. The van der Waals surface area contributed by atoms with Gasteiger partial charge in [0.05, 0.1) is 16.7 Å². The van der Waals surface area contributed by atoms with Crippen molar-refractivity contribution in [2.24, 2.45) is 0 Å². The molecule has 0 saturated heterocycles. The van der Waals surface area contributed by atoms with Crippen LogP contribution in [0.3, 0.4) is 0 Å². The zero-order valence-electron chi connectivity index (χ0n) is 27.8. The number of benzene rings is 4. The van der Waals surface area contributed by atoms with E-state index >= 15 is 0 Å². The van der Waals surface area contributed by atoms with E-state index in [0.29, 0.717) is 0 Å². The van der Waals surface area contributed by atoms with Crippen molar-refractivity contribution in [3.63, 3.8) is 0 Å². The standard InChI is InChI=1S/C12H10N2.C12H11NO.C11H9N3.2C2H6/c1-8-10-7-6-9-4-2-3-5-11(9)12(10)14-13-8;1-8-10-7-6-9-4-2-3-5-11(9)12(10)13-14-8;1-8-10-7-6-9-4-2-3-5-11(9)14(10)13-12-8;2*1-2/h2-7H,1H3,(H,13,14);2-5H,6-7H2,1H3;2-7H,1H3;2*1-2H3. The van der Waals surface area contributed by atoms with Crippen molar-refractivity contribution < 1.29 is 4.52 Å². The Morgan fingerprint density at radius 2 is 1.37 bits per heavy atom. The Morgan fingerprint density at radius 3 is 2.20 bits per heavy atom. The van der Waals surface area contributed by atoms with E-state index in [1.54, 1.807) is 0 Å². The molecule has 46 heavy (non-hydrogen) atoms. The van der Waals surface area contributed by atoms with E-state index in [-0.39, 0.29) is 0 Å². The SMILES string of the molecule is CC.CC.Cc1[nH]nc2c1ccc1ccccc12.Cc1nnn2c1ccc1ccccc12.Cc1onc2c1CCc1ccccc1-2. The molecule has 7 nitrogen and oxygen atoms in total. The Morgan fingerprint density at radius 1 is 0.674 bits per heavy atom. The van der Waals surface area contributed by atoms with Crippen molar-refractivity contribution in [1.29, 1.82) is 0 Å². The number of aromatic nitrogens is 6. The van der Waals surface area contributed by atoms with Crippen LogP contribution in [0.15, 0.2) is 102 Å². The van der Waals surface area contributed by atoms with Gasteiger partial charge in [0.15, 0.2) is 0 Å². The van der Waals surface area contributed by atoms with E-state index < -0.39 is 0 Å². The van der Waals surface area contributed by atoms with Crippen molar-refractivity contribution in [2.45, 2.75) is 61.3 Å². The van der Waals surface area contributed by atoms with Gasteiger partial charge in [-0.25, -0.2) is 4.52 Å². The molecule has 0 atom stereocenters. The van der Waals surface area contributed by atoms with Crippen LogP contribution in [0.4, 0.5) is 0 Å². The number of hydrogen-bond acceptors (Lipinski definition) is 5. The summed E-state index contributed by atoms with van der Waals surface area (Å²) in [5.41, 5.74) is 10.3. The van der Waals surface area contributed by atoms with Gasteiger partial charge in [-0.05, 0) is 56.7 Å². The summed E-state index contributed by atoms with van der Waals surface area (Å²) < 4.78 is 7.10. The minimum absolute atomic E-state index is 0.967. The fraction of sp³-hybridized carbons (Fsp3) is 0.231. The highest BCUT2D eigenvalue weighted by atomic mass is 16.5. The van der Waals surface area contributed by atoms with Gasteiger partial charge in [0, 0.05) is 33.0 Å². The van der Waals surface area contributed by atoms with Crippen molar-refractivity contribution in [1.82, 2.24) is 30.2 Å². The highest BCUT2D eigenvalue weighted by molar-refractivity contribution is 6.05. The van der Waals surface area contributed by atoms with Crippen LogP contribution >= 0.6 is 0 Å². The van der Waals surface area contributed by atoms with Crippen LogP contribution in [0.25, 0.3) is 49.4 Å². The molecule has 7 heteroatoms. The van der Waals surface area contributed by atoms with Crippen LogP contribution < -0.4 is 0 Å². The van der Waals surface area contributed by atoms with Crippen LogP contribution in [0, 0.1) is 20.8 Å². The number of fused-ring (bicyclic) bond motifs is 9. The third-order valence-corrected chi connectivity index (χ3v) is 8.01. The van der Waals surface area contributed by atoms with Crippen molar-refractivity contribution in [3.8, 4) is 11.3 Å². The van der Waals surface area contributed by atoms with Gasteiger partial charge in [-0.15, -0.1) is 5.10 Å². The normalized spacial score (nSPS) is 11.2. The topological polar surface area (TPSA) is 84.9 Å². The van der Waals surface area contributed by atoms with Gasteiger partial charge < -0.3 is 4.52 Å². The number of pyridine rings is 1. The molecule has 9 rings (SSSR count). The second kappa shape index (κ2) is 14.7. The molecular weight excluding hydrogens is 568 g/mol. The average molecular weight is 611 g/mol. The Kier molecular flexibility index (Phi) is 10.2. The molecule has 4 aromatic heterocycles. The minimum atomic E-state index is 0.967. The molecule has 0 aliphatic heterocycles. The van der Waals surface area contributed by atoms with Crippen LogP contribution in [0.2, 0.25) is 0 Å². The summed E-state index contributed by atoms with van der Waals surface area (Å²) in [7, 11) is 0. The number of para-hydroxylation sites is 1. The lowest BCUT2D eigenvalue weighted by Gasteiger charge is -2.13. The molecule has 234 valence electrons. The van der Waals surface area contributed by atoms with Crippen LogP contribution in [-0.2, 0) is 12.8 Å². The van der Waals surface area contributed by atoms with Crippen LogP contribution in [0.1, 0.15) is 56.0 Å². The summed E-state index contributed by atoms with van der Waals surface area (Å²) in [4.78, 5) is 0. The van der Waals surface area contributed by atoms with Gasteiger partial charge in [0.1, 0.15) is 17.0 Å². The number of hydrogen-bond donors (Lipinski definition) is 1. The molecule has 0 bridgehead atoms. The zero-order chi connectivity index (χ0) is 32.6. The smallest absolute Gasteiger partial charge is 0.137 e. The number of nitrogens with one attached hydrogen (secondary N) is 1. The first kappa shape index (κ1) is 32.1. The molecule has 8 aromatic rings. The highest BCUT2D eigenvalue weighted by Gasteiger charge is 2.21. The molecule has 1 aliphatic carbocycles. The first-order valence-electron chi connectivity index (χ1n) is 16.1. The lowest BCUT2D eigenvalue weighted by molar-refractivity contribution is 0.398. The van der Waals surface area contributed by atoms with Crippen LogP contribution in [0.5, 0.6) is 0 Å². The van der Waals surface area contributed by atoms with E-state index in [0.717, 1.165) is 52.2 Å². The maximum Gasteiger partial charge on any atom is 0.137 e. The predicted octanol–water partition coefficient (Wildman–Crippen LogP) is 10.0. The molecule has 0 unspecified atom stereocenters. The predicted molar refractivity (Wildman–Crippen MR) is 190 cm³/mol. The summed E-state index contributed by atoms with van der Waals surface area (Å²) in [6.07, 6.45) is 2.16. The summed E-state index contributed by atoms with van der Waals surface area (Å²) >= 11 is 0. The van der Waals surface area contributed by atoms with E-state index in [1.807, 2.05) is 77.2 Å². The van der Waals surface area contributed by atoms with Gasteiger partial charge >= 0.3 is 0 Å². The first-order valence-corrected chi connectivity index (χ1v) is 16.1. The number of aromatic amines is 1. The molecule has 0 fully saturated rings. The number of H-pyrrole nitrogens is 1. The van der Waals surface area contributed by atoms with Crippen molar-refractivity contribution in [2.75, 3.05) is 0 Å². The Bertz CT molecular complexity index is 2090. The average Bonchev–Trinajstić information content (AvgIpc) is 3.83. The summed E-state index contributed by atoms with van der Waals surface area (Å²) in [5, 5.41) is 24.5.